The molecule has 2 fully saturated rings. The molecule has 34 heavy (non-hydrogen) atoms. The SMILES string of the molecule is CC(Sc1nnc(-c2cccs2)n1CC1CCCO1)C(=O)N1CCN(Cc2ccccc2)CC1. The van der Waals surface area contributed by atoms with Gasteiger partial charge in [-0.25, -0.2) is 0 Å². The Morgan fingerprint density at radius 1 is 1.15 bits per heavy atom. The minimum Gasteiger partial charge on any atom is -0.376 e. The Hall–Kier alpha value is -2.20. The number of hydrogen-bond donors (Lipinski definition) is 0. The van der Waals surface area contributed by atoms with E-state index in [0.717, 1.165) is 74.6 Å². The Kier molecular flexibility index (Phi) is 7.63. The van der Waals surface area contributed by atoms with Gasteiger partial charge in [-0.3, -0.25) is 14.3 Å². The van der Waals surface area contributed by atoms with Crippen LogP contribution in [0.15, 0.2) is 53.0 Å². The van der Waals surface area contributed by atoms with Gasteiger partial charge in [-0.05, 0) is 36.8 Å². The van der Waals surface area contributed by atoms with Gasteiger partial charge in [0.25, 0.3) is 0 Å². The molecule has 180 valence electrons. The summed E-state index contributed by atoms with van der Waals surface area (Å²) in [7, 11) is 0. The van der Waals surface area contributed by atoms with Crippen molar-refractivity contribution in [1.82, 2.24) is 24.6 Å². The number of hydrogen-bond acceptors (Lipinski definition) is 7. The van der Waals surface area contributed by atoms with E-state index >= 15 is 0 Å². The highest BCUT2D eigenvalue weighted by molar-refractivity contribution is 8.00. The topological polar surface area (TPSA) is 63.5 Å². The van der Waals surface area contributed by atoms with Gasteiger partial charge in [-0.1, -0.05) is 48.2 Å². The predicted octanol–water partition coefficient (Wildman–Crippen LogP) is 4.01. The standard InChI is InChI=1S/C25H31N5O2S2/c1-19(24(31)29-13-11-28(12-14-29)17-20-7-3-2-4-8-20)34-25-27-26-23(22-10-6-16-33-22)30(25)18-21-9-5-15-32-21/h2-4,6-8,10,16,19,21H,5,9,11-15,17-18H2,1H3. The Morgan fingerprint density at radius 3 is 2.68 bits per heavy atom. The number of carbonyl (C=O) groups is 1. The maximum absolute atomic E-state index is 13.3. The second-order valence-corrected chi connectivity index (χ2v) is 11.1. The Morgan fingerprint density at radius 2 is 1.97 bits per heavy atom. The van der Waals surface area contributed by atoms with Crippen molar-refractivity contribution in [3.05, 3.63) is 53.4 Å². The molecule has 4 heterocycles. The minimum atomic E-state index is -0.218. The van der Waals surface area contributed by atoms with Gasteiger partial charge in [0, 0.05) is 39.3 Å². The molecular weight excluding hydrogens is 466 g/mol. The fourth-order valence-electron chi connectivity index (χ4n) is 4.55. The van der Waals surface area contributed by atoms with E-state index in [-0.39, 0.29) is 17.3 Å². The first-order chi connectivity index (χ1) is 16.7. The van der Waals surface area contributed by atoms with Gasteiger partial charge in [0.05, 0.1) is 22.8 Å². The van der Waals surface area contributed by atoms with Crippen molar-refractivity contribution in [3.8, 4) is 10.7 Å². The lowest BCUT2D eigenvalue weighted by Crippen LogP contribution is -2.50. The molecule has 5 rings (SSSR count). The fourth-order valence-corrected chi connectivity index (χ4v) is 6.21. The molecular formula is C25H31N5O2S2. The third-order valence-electron chi connectivity index (χ3n) is 6.43. The van der Waals surface area contributed by atoms with Gasteiger partial charge >= 0.3 is 0 Å². The lowest BCUT2D eigenvalue weighted by Gasteiger charge is -2.35. The summed E-state index contributed by atoms with van der Waals surface area (Å²) in [6.45, 7) is 7.78. The molecule has 1 aromatic carbocycles. The zero-order valence-corrected chi connectivity index (χ0v) is 21.1. The summed E-state index contributed by atoms with van der Waals surface area (Å²) in [5.41, 5.74) is 1.32. The van der Waals surface area contributed by atoms with E-state index < -0.39 is 0 Å². The number of thioether (sulfide) groups is 1. The summed E-state index contributed by atoms with van der Waals surface area (Å²) < 4.78 is 8.04. The van der Waals surface area contributed by atoms with Crippen molar-refractivity contribution in [3.63, 3.8) is 0 Å². The third kappa shape index (κ3) is 5.54. The van der Waals surface area contributed by atoms with E-state index in [9.17, 15) is 4.79 Å². The molecule has 2 unspecified atom stereocenters. The molecule has 2 saturated heterocycles. The maximum Gasteiger partial charge on any atom is 0.235 e. The molecule has 2 aliphatic heterocycles. The van der Waals surface area contributed by atoms with E-state index in [4.69, 9.17) is 4.74 Å². The number of nitrogens with zero attached hydrogens (tertiary/aromatic N) is 5. The molecule has 2 aromatic heterocycles. The second kappa shape index (κ2) is 11.0. The summed E-state index contributed by atoms with van der Waals surface area (Å²) in [5, 5.41) is 11.6. The molecule has 0 saturated carbocycles. The van der Waals surface area contributed by atoms with Crippen LogP contribution in [-0.2, 0) is 22.6 Å². The number of carbonyl (C=O) groups excluding carboxylic acids is 1. The number of benzene rings is 1. The number of aromatic nitrogens is 3. The first-order valence-corrected chi connectivity index (χ1v) is 13.7. The number of amides is 1. The zero-order valence-electron chi connectivity index (χ0n) is 19.5. The molecule has 2 atom stereocenters. The van der Waals surface area contributed by atoms with Crippen LogP contribution in [0.1, 0.15) is 25.3 Å². The van der Waals surface area contributed by atoms with Crippen molar-refractivity contribution >= 4 is 29.0 Å². The van der Waals surface area contributed by atoms with E-state index in [0.29, 0.717) is 0 Å². The molecule has 0 aliphatic carbocycles. The molecule has 2 aliphatic rings. The fraction of sp³-hybridized carbons (Fsp3) is 0.480. The molecule has 0 radical (unpaired) electrons. The third-order valence-corrected chi connectivity index (χ3v) is 8.37. The zero-order chi connectivity index (χ0) is 23.3. The predicted molar refractivity (Wildman–Crippen MR) is 136 cm³/mol. The Labute approximate surface area is 209 Å². The number of ether oxygens (including phenoxy) is 1. The molecule has 1 amide bonds. The first-order valence-electron chi connectivity index (χ1n) is 12.0. The van der Waals surface area contributed by atoms with Crippen molar-refractivity contribution in [2.75, 3.05) is 32.8 Å². The van der Waals surface area contributed by atoms with Gasteiger partial charge in [0.15, 0.2) is 11.0 Å². The quantitative estimate of drug-likeness (QED) is 0.438. The summed E-state index contributed by atoms with van der Waals surface area (Å²) in [6.07, 6.45) is 2.32. The van der Waals surface area contributed by atoms with Crippen molar-refractivity contribution < 1.29 is 9.53 Å². The molecule has 3 aromatic rings. The van der Waals surface area contributed by atoms with Crippen LogP contribution in [0.25, 0.3) is 10.7 Å². The smallest absolute Gasteiger partial charge is 0.235 e. The monoisotopic (exact) mass is 497 g/mol. The van der Waals surface area contributed by atoms with Crippen LogP contribution in [0, 0.1) is 0 Å². The van der Waals surface area contributed by atoms with Crippen LogP contribution in [0.5, 0.6) is 0 Å². The molecule has 0 N–H and O–H groups in total. The number of thiophene rings is 1. The van der Waals surface area contributed by atoms with Crippen molar-refractivity contribution in [2.24, 2.45) is 0 Å². The highest BCUT2D eigenvalue weighted by Gasteiger charge is 2.28. The van der Waals surface area contributed by atoms with Crippen LogP contribution >= 0.6 is 23.1 Å². The van der Waals surface area contributed by atoms with Crippen LogP contribution < -0.4 is 0 Å². The lowest BCUT2D eigenvalue weighted by atomic mass is 10.2. The number of piperazine rings is 1. The van der Waals surface area contributed by atoms with Gasteiger partial charge < -0.3 is 9.64 Å². The van der Waals surface area contributed by atoms with Crippen molar-refractivity contribution in [1.29, 1.82) is 0 Å². The Balaban J connectivity index is 1.21. The summed E-state index contributed by atoms with van der Waals surface area (Å²) in [5.74, 6) is 1.04. The highest BCUT2D eigenvalue weighted by Crippen LogP contribution is 2.31. The van der Waals surface area contributed by atoms with Gasteiger partial charge in [0.2, 0.25) is 5.91 Å². The average Bonchev–Trinajstić information content (AvgIpc) is 3.64. The second-order valence-electron chi connectivity index (χ2n) is 8.88. The molecule has 7 nitrogen and oxygen atoms in total. The van der Waals surface area contributed by atoms with E-state index in [1.165, 1.54) is 17.3 Å². The summed E-state index contributed by atoms with van der Waals surface area (Å²) in [4.78, 5) is 18.8. The number of rotatable bonds is 8. The van der Waals surface area contributed by atoms with Crippen LogP contribution in [-0.4, -0.2) is 74.6 Å². The van der Waals surface area contributed by atoms with Crippen LogP contribution in [0.2, 0.25) is 0 Å². The minimum absolute atomic E-state index is 0.175. The Bertz CT molecular complexity index is 1060. The highest BCUT2D eigenvalue weighted by atomic mass is 32.2. The van der Waals surface area contributed by atoms with Crippen molar-refractivity contribution in [2.45, 2.75) is 49.4 Å². The van der Waals surface area contributed by atoms with Crippen LogP contribution in [0.4, 0.5) is 0 Å². The maximum atomic E-state index is 13.3. The molecule has 0 spiro atoms. The van der Waals surface area contributed by atoms with Gasteiger partial charge in [-0.2, -0.15) is 0 Å². The van der Waals surface area contributed by atoms with E-state index in [1.54, 1.807) is 11.3 Å². The average molecular weight is 498 g/mol. The van der Waals surface area contributed by atoms with E-state index in [2.05, 4.69) is 55.4 Å². The molecule has 0 bridgehead atoms. The summed E-state index contributed by atoms with van der Waals surface area (Å²) >= 11 is 3.17. The van der Waals surface area contributed by atoms with Gasteiger partial charge in [0.1, 0.15) is 0 Å². The van der Waals surface area contributed by atoms with E-state index in [1.807, 2.05) is 24.0 Å². The van der Waals surface area contributed by atoms with Crippen LogP contribution in [0.3, 0.4) is 0 Å². The lowest BCUT2D eigenvalue weighted by molar-refractivity contribution is -0.132. The largest absolute Gasteiger partial charge is 0.376 e. The van der Waals surface area contributed by atoms with Gasteiger partial charge in [-0.15, -0.1) is 21.5 Å². The molecule has 9 heteroatoms. The summed E-state index contributed by atoms with van der Waals surface area (Å²) in [6, 6.07) is 14.6. The first kappa shape index (κ1) is 23.5. The normalized spacial score (nSPS) is 20.0.